The molecule has 19 heavy (non-hydrogen) atoms. The van der Waals surface area contributed by atoms with Gasteiger partial charge in [0.1, 0.15) is 5.84 Å². The van der Waals surface area contributed by atoms with Crippen LogP contribution in [0, 0.1) is 16.7 Å². The number of nitrogen functional groups attached to an aromatic ring is 1. The van der Waals surface area contributed by atoms with Crippen LogP contribution in [-0.4, -0.2) is 23.8 Å². The quantitative estimate of drug-likeness (QED) is 0.648. The number of nitrogens with one attached hydrogen (secondary N) is 1. The van der Waals surface area contributed by atoms with Gasteiger partial charge in [-0.1, -0.05) is 39.0 Å². The SMILES string of the molecule is CC(C)(C)C1CCN(Cc2cccc(C(=N)N)c2)C1. The molecule has 0 bridgehead atoms. The highest BCUT2D eigenvalue weighted by atomic mass is 15.1. The van der Waals surface area contributed by atoms with Gasteiger partial charge in [0.2, 0.25) is 0 Å². The van der Waals surface area contributed by atoms with Gasteiger partial charge in [-0.3, -0.25) is 10.3 Å². The lowest BCUT2D eigenvalue weighted by atomic mass is 9.80. The van der Waals surface area contributed by atoms with E-state index in [1.165, 1.54) is 25.1 Å². The molecule has 0 radical (unpaired) electrons. The molecule has 1 aromatic carbocycles. The summed E-state index contributed by atoms with van der Waals surface area (Å²) in [5.74, 6) is 0.930. The maximum Gasteiger partial charge on any atom is 0.122 e. The third-order valence-corrected chi connectivity index (χ3v) is 4.14. The minimum Gasteiger partial charge on any atom is -0.384 e. The summed E-state index contributed by atoms with van der Waals surface area (Å²) >= 11 is 0. The molecule has 1 heterocycles. The Balaban J connectivity index is 1.99. The second-order valence-electron chi connectivity index (χ2n) is 6.70. The Hall–Kier alpha value is -1.35. The summed E-state index contributed by atoms with van der Waals surface area (Å²) in [5.41, 5.74) is 8.01. The van der Waals surface area contributed by atoms with Gasteiger partial charge >= 0.3 is 0 Å². The van der Waals surface area contributed by atoms with Crippen LogP contribution in [-0.2, 0) is 6.54 Å². The predicted molar refractivity (Wildman–Crippen MR) is 80.3 cm³/mol. The number of benzene rings is 1. The molecule has 1 unspecified atom stereocenters. The van der Waals surface area contributed by atoms with E-state index in [0.717, 1.165) is 18.0 Å². The Bertz CT molecular complexity index is 459. The summed E-state index contributed by atoms with van der Waals surface area (Å²) in [4.78, 5) is 2.51. The maximum absolute atomic E-state index is 7.49. The van der Waals surface area contributed by atoms with E-state index in [1.807, 2.05) is 18.2 Å². The molecule has 0 saturated carbocycles. The fraction of sp³-hybridized carbons (Fsp3) is 0.562. The molecular weight excluding hydrogens is 234 g/mol. The zero-order valence-electron chi connectivity index (χ0n) is 12.2. The van der Waals surface area contributed by atoms with Gasteiger partial charge in [0, 0.05) is 18.7 Å². The summed E-state index contributed by atoms with van der Waals surface area (Å²) in [6, 6.07) is 8.04. The molecule has 1 saturated heterocycles. The minimum atomic E-state index is 0.149. The first kappa shape index (κ1) is 14.1. The number of nitrogens with zero attached hydrogens (tertiary/aromatic N) is 1. The van der Waals surface area contributed by atoms with Crippen LogP contribution >= 0.6 is 0 Å². The smallest absolute Gasteiger partial charge is 0.122 e. The Kier molecular flexibility index (Phi) is 3.95. The van der Waals surface area contributed by atoms with Crippen molar-refractivity contribution < 1.29 is 0 Å². The molecule has 104 valence electrons. The van der Waals surface area contributed by atoms with Gasteiger partial charge in [-0.2, -0.15) is 0 Å². The van der Waals surface area contributed by atoms with E-state index in [0.29, 0.717) is 5.41 Å². The molecular formula is C16H25N3. The molecule has 2 rings (SSSR count). The third-order valence-electron chi connectivity index (χ3n) is 4.14. The average Bonchev–Trinajstić information content (AvgIpc) is 2.77. The lowest BCUT2D eigenvalue weighted by molar-refractivity contribution is 0.226. The molecule has 3 N–H and O–H groups in total. The fourth-order valence-electron chi connectivity index (χ4n) is 2.78. The number of rotatable bonds is 3. The fourth-order valence-corrected chi connectivity index (χ4v) is 2.78. The molecule has 1 aliphatic rings. The van der Waals surface area contributed by atoms with Crippen molar-refractivity contribution in [2.45, 2.75) is 33.7 Å². The average molecular weight is 259 g/mol. The van der Waals surface area contributed by atoms with Crippen molar-refractivity contribution in [3.8, 4) is 0 Å². The molecule has 1 aliphatic heterocycles. The second kappa shape index (κ2) is 5.33. The van der Waals surface area contributed by atoms with Gasteiger partial charge in [0.25, 0.3) is 0 Å². The van der Waals surface area contributed by atoms with Crippen molar-refractivity contribution in [1.82, 2.24) is 4.90 Å². The highest BCUT2D eigenvalue weighted by Gasteiger charge is 2.31. The number of amidine groups is 1. The number of hydrogen-bond acceptors (Lipinski definition) is 2. The van der Waals surface area contributed by atoms with E-state index >= 15 is 0 Å². The van der Waals surface area contributed by atoms with Crippen molar-refractivity contribution in [3.63, 3.8) is 0 Å². The van der Waals surface area contributed by atoms with E-state index in [-0.39, 0.29) is 5.84 Å². The van der Waals surface area contributed by atoms with Crippen LogP contribution in [0.5, 0.6) is 0 Å². The van der Waals surface area contributed by atoms with Gasteiger partial charge in [-0.25, -0.2) is 0 Å². The van der Waals surface area contributed by atoms with Crippen LogP contribution in [0.15, 0.2) is 24.3 Å². The maximum atomic E-state index is 7.49. The summed E-state index contributed by atoms with van der Waals surface area (Å²) in [7, 11) is 0. The molecule has 0 aromatic heterocycles. The first-order valence-electron chi connectivity index (χ1n) is 7.02. The Morgan fingerprint density at radius 3 is 2.74 bits per heavy atom. The van der Waals surface area contributed by atoms with Crippen molar-refractivity contribution in [3.05, 3.63) is 35.4 Å². The monoisotopic (exact) mass is 259 g/mol. The van der Waals surface area contributed by atoms with Crippen molar-refractivity contribution >= 4 is 5.84 Å². The molecule has 3 nitrogen and oxygen atoms in total. The van der Waals surface area contributed by atoms with E-state index in [9.17, 15) is 0 Å². The predicted octanol–water partition coefficient (Wildman–Crippen LogP) is 2.84. The number of hydrogen-bond donors (Lipinski definition) is 2. The topological polar surface area (TPSA) is 53.1 Å². The van der Waals surface area contributed by atoms with Crippen molar-refractivity contribution in [2.75, 3.05) is 13.1 Å². The zero-order valence-corrected chi connectivity index (χ0v) is 12.2. The lowest BCUT2D eigenvalue weighted by Crippen LogP contribution is -2.25. The number of nitrogens with two attached hydrogens (primary N) is 1. The first-order chi connectivity index (χ1) is 8.86. The standard InChI is InChI=1S/C16H25N3/c1-16(2,3)14-7-8-19(11-14)10-12-5-4-6-13(9-12)15(17)18/h4-6,9,14H,7-8,10-11H2,1-3H3,(H3,17,18). The van der Waals surface area contributed by atoms with Crippen LogP contribution in [0.3, 0.4) is 0 Å². The molecule has 0 aliphatic carbocycles. The number of likely N-dealkylation sites (tertiary alicyclic amines) is 1. The van der Waals surface area contributed by atoms with Crippen LogP contribution in [0.25, 0.3) is 0 Å². The van der Waals surface area contributed by atoms with Crippen LogP contribution < -0.4 is 5.73 Å². The summed E-state index contributed by atoms with van der Waals surface area (Å²) < 4.78 is 0. The first-order valence-corrected chi connectivity index (χ1v) is 7.02. The molecule has 0 spiro atoms. The van der Waals surface area contributed by atoms with Crippen LogP contribution in [0.2, 0.25) is 0 Å². The van der Waals surface area contributed by atoms with Crippen molar-refractivity contribution in [2.24, 2.45) is 17.1 Å². The summed E-state index contributed by atoms with van der Waals surface area (Å²) in [6.07, 6.45) is 1.29. The largest absolute Gasteiger partial charge is 0.384 e. The van der Waals surface area contributed by atoms with Crippen LogP contribution in [0.4, 0.5) is 0 Å². The van der Waals surface area contributed by atoms with Gasteiger partial charge in [0.15, 0.2) is 0 Å². The zero-order chi connectivity index (χ0) is 14.0. The van der Waals surface area contributed by atoms with E-state index in [1.54, 1.807) is 0 Å². The van der Waals surface area contributed by atoms with E-state index < -0.39 is 0 Å². The Labute approximate surface area is 116 Å². The molecule has 1 atom stereocenters. The van der Waals surface area contributed by atoms with Gasteiger partial charge in [0.05, 0.1) is 0 Å². The third kappa shape index (κ3) is 3.57. The van der Waals surface area contributed by atoms with Crippen molar-refractivity contribution in [1.29, 1.82) is 5.41 Å². The highest BCUT2D eigenvalue weighted by molar-refractivity contribution is 5.95. The van der Waals surface area contributed by atoms with Crippen LogP contribution in [0.1, 0.15) is 38.3 Å². The molecule has 1 aromatic rings. The summed E-state index contributed by atoms with van der Waals surface area (Å²) in [5, 5.41) is 7.49. The molecule has 1 fully saturated rings. The molecule has 3 heteroatoms. The molecule has 0 amide bonds. The van der Waals surface area contributed by atoms with Gasteiger partial charge in [-0.05, 0) is 35.9 Å². The second-order valence-corrected chi connectivity index (χ2v) is 6.70. The van der Waals surface area contributed by atoms with Gasteiger partial charge < -0.3 is 5.73 Å². The van der Waals surface area contributed by atoms with E-state index in [2.05, 4.69) is 31.7 Å². The Morgan fingerprint density at radius 1 is 1.42 bits per heavy atom. The Morgan fingerprint density at radius 2 is 2.16 bits per heavy atom. The van der Waals surface area contributed by atoms with Gasteiger partial charge in [-0.15, -0.1) is 0 Å². The lowest BCUT2D eigenvalue weighted by Gasteiger charge is -2.27. The highest BCUT2D eigenvalue weighted by Crippen LogP contribution is 2.34. The normalized spacial score (nSPS) is 20.7. The minimum absolute atomic E-state index is 0.149. The summed E-state index contributed by atoms with van der Waals surface area (Å²) in [6.45, 7) is 10.3. The van der Waals surface area contributed by atoms with E-state index in [4.69, 9.17) is 11.1 Å².